The summed E-state index contributed by atoms with van der Waals surface area (Å²) in [6, 6.07) is 5.29. The van der Waals surface area contributed by atoms with Gasteiger partial charge in [-0.15, -0.1) is 0 Å². The third kappa shape index (κ3) is 1.58. The summed E-state index contributed by atoms with van der Waals surface area (Å²) in [5, 5.41) is 0.427. The van der Waals surface area contributed by atoms with Crippen LogP contribution in [-0.4, -0.2) is 20.4 Å². The zero-order valence-electron chi connectivity index (χ0n) is 9.06. The molecule has 0 saturated heterocycles. The summed E-state index contributed by atoms with van der Waals surface area (Å²) >= 11 is 0. The molecule has 16 heavy (non-hydrogen) atoms. The van der Waals surface area contributed by atoms with Crippen LogP contribution in [-0.2, 0) is 0 Å². The van der Waals surface area contributed by atoms with Crippen molar-refractivity contribution < 1.29 is 9.21 Å². The predicted molar refractivity (Wildman–Crippen MR) is 62.2 cm³/mol. The Morgan fingerprint density at radius 1 is 1.31 bits per heavy atom. The van der Waals surface area contributed by atoms with Crippen molar-refractivity contribution in [2.75, 3.05) is 19.0 Å². The Kier molecular flexibility index (Phi) is 2.48. The van der Waals surface area contributed by atoms with Gasteiger partial charge in [-0.3, -0.25) is 9.59 Å². The highest BCUT2D eigenvalue weighted by Crippen LogP contribution is 2.18. The number of nitrogens with zero attached hydrogens (tertiary/aromatic N) is 1. The van der Waals surface area contributed by atoms with Gasteiger partial charge in [-0.2, -0.15) is 0 Å². The van der Waals surface area contributed by atoms with Gasteiger partial charge in [0.1, 0.15) is 11.8 Å². The fraction of sp³-hybridized carbons (Fsp3) is 0.167. The van der Waals surface area contributed by atoms with Crippen LogP contribution in [0.15, 0.2) is 33.7 Å². The number of hydrogen-bond donors (Lipinski definition) is 0. The van der Waals surface area contributed by atoms with Crippen LogP contribution in [0.25, 0.3) is 11.0 Å². The first-order valence-corrected chi connectivity index (χ1v) is 4.81. The van der Waals surface area contributed by atoms with E-state index in [9.17, 15) is 9.59 Å². The largest absolute Gasteiger partial charge is 0.463 e. The third-order valence-electron chi connectivity index (χ3n) is 2.43. The van der Waals surface area contributed by atoms with E-state index in [-0.39, 0.29) is 11.0 Å². The smallest absolute Gasteiger partial charge is 0.203 e. The maximum Gasteiger partial charge on any atom is 0.203 e. The van der Waals surface area contributed by atoms with Gasteiger partial charge < -0.3 is 9.32 Å². The standard InChI is InChI=1S/C12H11NO3/c1-13(2)9-3-4-11-10(5-9)12(15)8(6-14)7-16-11/h3-7H,1-2H3. The van der Waals surface area contributed by atoms with Gasteiger partial charge >= 0.3 is 0 Å². The van der Waals surface area contributed by atoms with Crippen LogP contribution in [0.1, 0.15) is 10.4 Å². The number of carbonyl (C=O) groups is 1. The SMILES string of the molecule is CN(C)c1ccc2occ(C=O)c(=O)c2c1. The van der Waals surface area contributed by atoms with Crippen LogP contribution in [0.2, 0.25) is 0 Å². The van der Waals surface area contributed by atoms with Crippen molar-refractivity contribution in [3.05, 3.63) is 40.2 Å². The van der Waals surface area contributed by atoms with Crippen molar-refractivity contribution in [3.63, 3.8) is 0 Å². The number of carbonyl (C=O) groups excluding carboxylic acids is 1. The molecular formula is C12H11NO3. The van der Waals surface area contributed by atoms with E-state index >= 15 is 0 Å². The minimum absolute atomic E-state index is 0.0448. The summed E-state index contributed by atoms with van der Waals surface area (Å²) in [6.45, 7) is 0. The van der Waals surface area contributed by atoms with Crippen molar-refractivity contribution in [1.82, 2.24) is 0 Å². The summed E-state index contributed by atoms with van der Waals surface area (Å²) in [5.41, 5.74) is 1.13. The average molecular weight is 217 g/mol. The van der Waals surface area contributed by atoms with Crippen LogP contribution in [0, 0.1) is 0 Å². The van der Waals surface area contributed by atoms with Crippen LogP contribution in [0.4, 0.5) is 5.69 Å². The molecule has 0 aliphatic heterocycles. The number of rotatable bonds is 2. The molecule has 0 radical (unpaired) electrons. The lowest BCUT2D eigenvalue weighted by molar-refractivity contribution is 0.112. The maximum absolute atomic E-state index is 11.8. The molecule has 0 fully saturated rings. The monoisotopic (exact) mass is 217 g/mol. The van der Waals surface area contributed by atoms with E-state index in [0.29, 0.717) is 17.3 Å². The number of anilines is 1. The van der Waals surface area contributed by atoms with Gasteiger partial charge in [0.15, 0.2) is 6.29 Å². The number of aldehydes is 1. The zero-order valence-corrected chi connectivity index (χ0v) is 9.06. The van der Waals surface area contributed by atoms with E-state index in [1.807, 2.05) is 25.1 Å². The third-order valence-corrected chi connectivity index (χ3v) is 2.43. The molecular weight excluding hydrogens is 206 g/mol. The van der Waals surface area contributed by atoms with Crippen molar-refractivity contribution in [2.24, 2.45) is 0 Å². The topological polar surface area (TPSA) is 50.5 Å². The van der Waals surface area contributed by atoms with E-state index in [2.05, 4.69) is 0 Å². The predicted octanol–water partition coefficient (Wildman–Crippen LogP) is 1.67. The van der Waals surface area contributed by atoms with Gasteiger partial charge in [0.25, 0.3) is 0 Å². The Hall–Kier alpha value is -2.10. The molecule has 1 heterocycles. The van der Waals surface area contributed by atoms with Crippen molar-refractivity contribution >= 4 is 22.9 Å². The normalized spacial score (nSPS) is 10.4. The summed E-state index contributed by atoms with van der Waals surface area (Å²) in [5.74, 6) is 0. The van der Waals surface area contributed by atoms with Gasteiger partial charge in [0.05, 0.1) is 10.9 Å². The Bertz CT molecular complexity index is 599. The molecule has 0 unspecified atom stereocenters. The second-order valence-electron chi connectivity index (χ2n) is 3.71. The molecule has 2 aromatic rings. The Morgan fingerprint density at radius 3 is 2.69 bits per heavy atom. The quantitative estimate of drug-likeness (QED) is 0.718. The van der Waals surface area contributed by atoms with E-state index in [0.717, 1.165) is 5.69 Å². The molecule has 4 nitrogen and oxygen atoms in total. The fourth-order valence-electron chi connectivity index (χ4n) is 1.49. The maximum atomic E-state index is 11.8. The molecule has 1 aromatic heterocycles. The minimum Gasteiger partial charge on any atom is -0.463 e. The Labute approximate surface area is 92.1 Å². The van der Waals surface area contributed by atoms with E-state index < -0.39 is 0 Å². The molecule has 2 rings (SSSR count). The highest BCUT2D eigenvalue weighted by atomic mass is 16.3. The van der Waals surface area contributed by atoms with Gasteiger partial charge in [-0.05, 0) is 18.2 Å². The van der Waals surface area contributed by atoms with Crippen molar-refractivity contribution in [1.29, 1.82) is 0 Å². The second-order valence-corrected chi connectivity index (χ2v) is 3.71. The van der Waals surface area contributed by atoms with Crippen LogP contribution in [0.5, 0.6) is 0 Å². The lowest BCUT2D eigenvalue weighted by Crippen LogP contribution is -2.11. The molecule has 0 amide bonds. The van der Waals surface area contributed by atoms with Crippen molar-refractivity contribution in [2.45, 2.75) is 0 Å². The molecule has 0 bridgehead atoms. The van der Waals surface area contributed by atoms with Crippen LogP contribution in [0.3, 0.4) is 0 Å². The summed E-state index contributed by atoms with van der Waals surface area (Å²) in [4.78, 5) is 24.3. The number of fused-ring (bicyclic) bond motifs is 1. The molecule has 0 spiro atoms. The van der Waals surface area contributed by atoms with Gasteiger partial charge in [-0.1, -0.05) is 0 Å². The summed E-state index contributed by atoms with van der Waals surface area (Å²) in [6.07, 6.45) is 1.70. The summed E-state index contributed by atoms with van der Waals surface area (Å²) in [7, 11) is 3.76. The molecule has 1 aromatic carbocycles. The zero-order chi connectivity index (χ0) is 11.7. The minimum atomic E-state index is -0.292. The Balaban J connectivity index is 2.79. The summed E-state index contributed by atoms with van der Waals surface area (Å²) < 4.78 is 5.20. The van der Waals surface area contributed by atoms with E-state index in [1.165, 1.54) is 6.26 Å². The average Bonchev–Trinajstić information content (AvgIpc) is 2.29. The molecule has 0 aliphatic carbocycles. The second kappa shape index (κ2) is 3.81. The van der Waals surface area contributed by atoms with Gasteiger partial charge in [0, 0.05) is 19.8 Å². The molecule has 82 valence electrons. The fourth-order valence-corrected chi connectivity index (χ4v) is 1.49. The molecule has 0 atom stereocenters. The first-order valence-electron chi connectivity index (χ1n) is 4.81. The lowest BCUT2D eigenvalue weighted by Gasteiger charge is -2.12. The molecule has 0 saturated carbocycles. The first-order chi connectivity index (χ1) is 7.63. The lowest BCUT2D eigenvalue weighted by atomic mass is 10.1. The van der Waals surface area contributed by atoms with Crippen molar-refractivity contribution in [3.8, 4) is 0 Å². The molecule has 0 aliphatic rings. The van der Waals surface area contributed by atoms with E-state index in [4.69, 9.17) is 4.42 Å². The van der Waals surface area contributed by atoms with Crippen LogP contribution < -0.4 is 10.3 Å². The van der Waals surface area contributed by atoms with E-state index in [1.54, 1.807) is 12.1 Å². The first kappa shape index (κ1) is 10.4. The molecule has 0 N–H and O–H groups in total. The van der Waals surface area contributed by atoms with Gasteiger partial charge in [0.2, 0.25) is 5.43 Å². The highest BCUT2D eigenvalue weighted by molar-refractivity contribution is 5.86. The van der Waals surface area contributed by atoms with Gasteiger partial charge in [-0.25, -0.2) is 0 Å². The number of hydrogen-bond acceptors (Lipinski definition) is 4. The number of benzene rings is 1. The Morgan fingerprint density at radius 2 is 2.06 bits per heavy atom. The van der Waals surface area contributed by atoms with Crippen LogP contribution >= 0.6 is 0 Å². The highest BCUT2D eigenvalue weighted by Gasteiger charge is 2.07. The molecule has 4 heteroatoms.